The zero-order valence-corrected chi connectivity index (χ0v) is 8.79. The van der Waals surface area contributed by atoms with Gasteiger partial charge in [0.1, 0.15) is 0 Å². The fourth-order valence-corrected chi connectivity index (χ4v) is 1.79. The van der Waals surface area contributed by atoms with Crippen molar-refractivity contribution >= 4 is 13.9 Å². The minimum Gasteiger partial charge on any atom is -1.00 e. The largest absolute Gasteiger partial charge is 1.00 e. The van der Waals surface area contributed by atoms with Crippen molar-refractivity contribution in [1.29, 1.82) is 0 Å². The Balaban J connectivity index is 0.000000810. The van der Waals surface area contributed by atoms with Crippen LogP contribution in [0.3, 0.4) is 0 Å². The van der Waals surface area contributed by atoms with Crippen molar-refractivity contribution in [3.8, 4) is 0 Å². The average Bonchev–Trinajstić information content (AvgIpc) is 1.91. The molecule has 1 rings (SSSR count). The minimum absolute atomic E-state index is 0. The molecule has 0 spiro atoms. The van der Waals surface area contributed by atoms with E-state index < -0.39 is 0 Å². The van der Waals surface area contributed by atoms with Crippen LogP contribution in [0.15, 0.2) is 30.3 Å². The fraction of sp³-hybridized carbons (Fsp3) is 0.250. The molecular formula is C8H12BrP. The summed E-state index contributed by atoms with van der Waals surface area (Å²) < 4.78 is 0. The first-order valence-electron chi connectivity index (χ1n) is 3.31. The maximum atomic E-state index is 2.24. The number of benzene rings is 1. The SMILES string of the molecule is CC[PH2+]c1ccccc1.[Br-]. The summed E-state index contributed by atoms with van der Waals surface area (Å²) in [6, 6.07) is 10.7. The molecule has 1 aromatic carbocycles. The Kier molecular flexibility index (Phi) is 5.96. The molecule has 0 amide bonds. The van der Waals surface area contributed by atoms with Crippen molar-refractivity contribution in [3.05, 3.63) is 30.3 Å². The Bertz CT molecular complexity index is 162. The van der Waals surface area contributed by atoms with E-state index in [2.05, 4.69) is 37.3 Å². The summed E-state index contributed by atoms with van der Waals surface area (Å²) in [6.07, 6.45) is 1.32. The van der Waals surface area contributed by atoms with Crippen LogP contribution >= 0.6 is 8.58 Å². The summed E-state index contributed by atoms with van der Waals surface area (Å²) in [7, 11) is 0.543. The van der Waals surface area contributed by atoms with Crippen LogP contribution < -0.4 is 22.3 Å². The first-order chi connectivity index (χ1) is 4.43. The normalized spacial score (nSPS) is 9.70. The van der Waals surface area contributed by atoms with Crippen molar-refractivity contribution in [2.75, 3.05) is 6.16 Å². The maximum absolute atomic E-state index is 2.24. The highest BCUT2D eigenvalue weighted by Crippen LogP contribution is 2.06. The van der Waals surface area contributed by atoms with E-state index in [4.69, 9.17) is 0 Å². The Hall–Kier alpha value is 0.130. The predicted molar refractivity (Wildman–Crippen MR) is 46.3 cm³/mol. The van der Waals surface area contributed by atoms with Gasteiger partial charge < -0.3 is 17.0 Å². The standard InChI is InChI=1S/C8H11P.BrH/c1-2-9-8-6-4-3-5-7-8;/h3-7,9H,2H2,1H3;1H. The van der Waals surface area contributed by atoms with Gasteiger partial charge in [0.05, 0.1) is 11.5 Å². The van der Waals surface area contributed by atoms with Crippen molar-refractivity contribution in [1.82, 2.24) is 0 Å². The molecule has 0 bridgehead atoms. The van der Waals surface area contributed by atoms with E-state index >= 15 is 0 Å². The van der Waals surface area contributed by atoms with Gasteiger partial charge in [-0.2, -0.15) is 0 Å². The topological polar surface area (TPSA) is 0 Å². The molecule has 0 fully saturated rings. The van der Waals surface area contributed by atoms with E-state index in [-0.39, 0.29) is 17.0 Å². The fourth-order valence-electron chi connectivity index (χ4n) is 0.825. The van der Waals surface area contributed by atoms with Gasteiger partial charge in [0, 0.05) is 8.58 Å². The predicted octanol–water partition coefficient (Wildman–Crippen LogP) is -1.25. The van der Waals surface area contributed by atoms with Crippen molar-refractivity contribution < 1.29 is 17.0 Å². The highest BCUT2D eigenvalue weighted by atomic mass is 79.9. The average molecular weight is 219 g/mol. The second-order valence-electron chi connectivity index (χ2n) is 2.02. The van der Waals surface area contributed by atoms with Crippen LogP contribution in [0.25, 0.3) is 0 Å². The number of hydrogen-bond acceptors (Lipinski definition) is 0. The van der Waals surface area contributed by atoms with Crippen LogP contribution in [0.4, 0.5) is 0 Å². The molecule has 0 radical (unpaired) electrons. The zero-order chi connectivity index (χ0) is 6.53. The second-order valence-corrected chi connectivity index (χ2v) is 3.91. The lowest BCUT2D eigenvalue weighted by Crippen LogP contribution is -3.00. The maximum Gasteiger partial charge on any atom is 0.0889 e. The van der Waals surface area contributed by atoms with Crippen LogP contribution in [0.5, 0.6) is 0 Å². The van der Waals surface area contributed by atoms with Gasteiger partial charge in [0.15, 0.2) is 0 Å². The highest BCUT2D eigenvalue weighted by Gasteiger charge is 1.91. The van der Waals surface area contributed by atoms with Crippen LogP contribution in [0.2, 0.25) is 0 Å². The van der Waals surface area contributed by atoms with Gasteiger partial charge in [-0.15, -0.1) is 0 Å². The van der Waals surface area contributed by atoms with Gasteiger partial charge in [-0.05, 0) is 19.1 Å². The van der Waals surface area contributed by atoms with Crippen LogP contribution in [0, 0.1) is 0 Å². The van der Waals surface area contributed by atoms with Crippen LogP contribution in [0.1, 0.15) is 6.92 Å². The molecule has 1 unspecified atom stereocenters. The zero-order valence-electron chi connectivity index (χ0n) is 6.05. The molecule has 0 aromatic heterocycles. The summed E-state index contributed by atoms with van der Waals surface area (Å²) in [4.78, 5) is 0. The van der Waals surface area contributed by atoms with Crippen molar-refractivity contribution in [2.24, 2.45) is 0 Å². The molecule has 0 saturated heterocycles. The summed E-state index contributed by atoms with van der Waals surface area (Å²) in [6.45, 7) is 2.24. The first-order valence-corrected chi connectivity index (χ1v) is 4.71. The van der Waals surface area contributed by atoms with E-state index in [0.29, 0.717) is 8.58 Å². The van der Waals surface area contributed by atoms with Crippen molar-refractivity contribution in [3.63, 3.8) is 0 Å². The quantitative estimate of drug-likeness (QED) is 0.545. The van der Waals surface area contributed by atoms with E-state index in [9.17, 15) is 0 Å². The molecular weight excluding hydrogens is 207 g/mol. The van der Waals surface area contributed by atoms with Crippen molar-refractivity contribution in [2.45, 2.75) is 6.92 Å². The molecule has 0 nitrogen and oxygen atoms in total. The van der Waals surface area contributed by atoms with Crippen LogP contribution in [-0.4, -0.2) is 6.16 Å². The Morgan fingerprint density at radius 1 is 1.20 bits per heavy atom. The van der Waals surface area contributed by atoms with E-state index in [0.717, 1.165) is 0 Å². The molecule has 2 heteroatoms. The molecule has 1 aromatic rings. The number of rotatable bonds is 2. The molecule has 0 aliphatic rings. The third kappa shape index (κ3) is 3.34. The molecule has 0 N–H and O–H groups in total. The minimum atomic E-state index is 0. The van der Waals surface area contributed by atoms with Gasteiger partial charge in [-0.3, -0.25) is 0 Å². The third-order valence-electron chi connectivity index (χ3n) is 1.24. The monoisotopic (exact) mass is 218 g/mol. The highest BCUT2D eigenvalue weighted by molar-refractivity contribution is 7.47. The van der Waals surface area contributed by atoms with Gasteiger partial charge in [0.25, 0.3) is 0 Å². The summed E-state index contributed by atoms with van der Waals surface area (Å²) >= 11 is 0. The summed E-state index contributed by atoms with van der Waals surface area (Å²) in [5.41, 5.74) is 0. The molecule has 0 saturated carbocycles. The van der Waals surface area contributed by atoms with E-state index in [1.165, 1.54) is 11.5 Å². The van der Waals surface area contributed by atoms with Gasteiger partial charge in [-0.25, -0.2) is 0 Å². The molecule has 0 aliphatic heterocycles. The lowest BCUT2D eigenvalue weighted by Gasteiger charge is -1.86. The number of hydrogen-bond donors (Lipinski definition) is 0. The number of halogens is 1. The summed E-state index contributed by atoms with van der Waals surface area (Å²) in [5, 5.41) is 1.53. The van der Waals surface area contributed by atoms with Gasteiger partial charge in [-0.1, -0.05) is 18.2 Å². The Morgan fingerprint density at radius 2 is 1.80 bits per heavy atom. The van der Waals surface area contributed by atoms with Gasteiger partial charge in [0.2, 0.25) is 0 Å². The lowest BCUT2D eigenvalue weighted by atomic mass is 10.4. The summed E-state index contributed by atoms with van der Waals surface area (Å²) in [5.74, 6) is 0. The third-order valence-corrected chi connectivity index (χ3v) is 2.50. The van der Waals surface area contributed by atoms with E-state index in [1.54, 1.807) is 0 Å². The Labute approximate surface area is 74.6 Å². The molecule has 0 heterocycles. The second kappa shape index (κ2) is 5.88. The molecule has 10 heavy (non-hydrogen) atoms. The smallest absolute Gasteiger partial charge is 0.0889 e. The Morgan fingerprint density at radius 3 is 2.30 bits per heavy atom. The van der Waals surface area contributed by atoms with Crippen LogP contribution in [-0.2, 0) is 0 Å². The van der Waals surface area contributed by atoms with Gasteiger partial charge >= 0.3 is 0 Å². The van der Waals surface area contributed by atoms with E-state index in [1.807, 2.05) is 0 Å². The lowest BCUT2D eigenvalue weighted by molar-refractivity contribution is -0.00000179. The molecule has 0 aliphatic carbocycles. The molecule has 1 atom stereocenters. The first kappa shape index (κ1) is 10.1. The molecule has 56 valence electrons.